The second kappa shape index (κ2) is 5.52. The molecule has 0 bridgehead atoms. The Labute approximate surface area is 120 Å². The smallest absolute Gasteiger partial charge is 0.295 e. The number of pyridine rings is 2. The Morgan fingerprint density at radius 3 is 2.70 bits per heavy atom. The lowest BCUT2D eigenvalue weighted by Crippen LogP contribution is -2.10. The highest BCUT2D eigenvalue weighted by atomic mass is 35.5. The number of aryl methyl sites for hydroxylation is 2. The number of aliphatic hydroxyl groups is 1. The molecule has 0 aliphatic heterocycles. The summed E-state index contributed by atoms with van der Waals surface area (Å²) in [6.07, 6.45) is 1.67. The van der Waals surface area contributed by atoms with E-state index in [1.807, 2.05) is 0 Å². The number of halogens is 1. The number of hydrogen-bond donors (Lipinski definition) is 1. The fourth-order valence-electron chi connectivity index (χ4n) is 2.05. The van der Waals surface area contributed by atoms with Crippen LogP contribution < -0.4 is 0 Å². The summed E-state index contributed by atoms with van der Waals surface area (Å²) < 4.78 is 0. The van der Waals surface area contributed by atoms with Gasteiger partial charge in [-0.15, -0.1) is 0 Å². The Morgan fingerprint density at radius 2 is 2.10 bits per heavy atom. The van der Waals surface area contributed by atoms with Crippen molar-refractivity contribution in [2.75, 3.05) is 0 Å². The zero-order chi connectivity index (χ0) is 14.9. The van der Waals surface area contributed by atoms with Crippen LogP contribution in [-0.4, -0.2) is 20.0 Å². The van der Waals surface area contributed by atoms with Crippen molar-refractivity contribution in [3.05, 3.63) is 62.2 Å². The van der Waals surface area contributed by atoms with Gasteiger partial charge in [-0.1, -0.05) is 11.6 Å². The molecule has 0 radical (unpaired) electrons. The first-order chi connectivity index (χ1) is 9.41. The van der Waals surface area contributed by atoms with Gasteiger partial charge in [0, 0.05) is 29.7 Å². The first-order valence-corrected chi connectivity index (χ1v) is 6.19. The van der Waals surface area contributed by atoms with Crippen LogP contribution in [0, 0.1) is 24.0 Å². The van der Waals surface area contributed by atoms with Gasteiger partial charge in [-0.2, -0.15) is 0 Å². The van der Waals surface area contributed by atoms with E-state index in [1.54, 1.807) is 26.1 Å². The van der Waals surface area contributed by atoms with Crippen molar-refractivity contribution in [3.8, 4) is 0 Å². The number of aliphatic hydroxyl groups excluding tert-OH is 1. The SMILES string of the molecule is Cc1ccnc(C)c1[C@H](O)c1ncc(Cl)cc1[N+](=O)[O-]. The fourth-order valence-corrected chi connectivity index (χ4v) is 2.20. The van der Waals surface area contributed by atoms with Crippen LogP contribution in [0.15, 0.2) is 24.5 Å². The number of hydrogen-bond acceptors (Lipinski definition) is 5. The summed E-state index contributed by atoms with van der Waals surface area (Å²) in [6, 6.07) is 2.90. The molecule has 0 aliphatic rings. The summed E-state index contributed by atoms with van der Waals surface area (Å²) in [5.74, 6) is 0. The molecule has 2 rings (SSSR count). The number of nitro groups is 1. The first-order valence-electron chi connectivity index (χ1n) is 5.81. The quantitative estimate of drug-likeness (QED) is 0.694. The van der Waals surface area contributed by atoms with E-state index >= 15 is 0 Å². The van der Waals surface area contributed by atoms with E-state index < -0.39 is 11.0 Å². The van der Waals surface area contributed by atoms with Gasteiger partial charge in [-0.3, -0.25) is 15.1 Å². The molecule has 0 amide bonds. The fraction of sp³-hybridized carbons (Fsp3) is 0.231. The van der Waals surface area contributed by atoms with Crippen molar-refractivity contribution in [1.82, 2.24) is 9.97 Å². The summed E-state index contributed by atoms with van der Waals surface area (Å²) in [6.45, 7) is 3.53. The van der Waals surface area contributed by atoms with Gasteiger partial charge in [0.15, 0.2) is 5.69 Å². The van der Waals surface area contributed by atoms with E-state index in [9.17, 15) is 15.2 Å². The van der Waals surface area contributed by atoms with Crippen LogP contribution in [0.3, 0.4) is 0 Å². The molecule has 1 atom stereocenters. The number of rotatable bonds is 3. The third kappa shape index (κ3) is 2.61. The molecule has 2 heterocycles. The standard InChI is InChI=1S/C13H12ClN3O3/c1-7-3-4-15-8(2)11(7)13(18)12-10(17(19)20)5-9(14)6-16-12/h3-6,13,18H,1-2H3/t13-/m0/s1. The number of aromatic nitrogens is 2. The van der Waals surface area contributed by atoms with E-state index in [0.717, 1.165) is 5.56 Å². The van der Waals surface area contributed by atoms with Gasteiger partial charge in [-0.05, 0) is 25.5 Å². The summed E-state index contributed by atoms with van der Waals surface area (Å²) in [5, 5.41) is 21.6. The molecule has 0 aliphatic carbocycles. The van der Waals surface area contributed by atoms with E-state index in [1.165, 1.54) is 12.3 Å². The van der Waals surface area contributed by atoms with Crippen molar-refractivity contribution in [1.29, 1.82) is 0 Å². The number of nitrogens with zero attached hydrogens (tertiary/aromatic N) is 3. The Hall–Kier alpha value is -2.05. The Kier molecular flexibility index (Phi) is 3.96. The molecular weight excluding hydrogens is 282 g/mol. The summed E-state index contributed by atoms with van der Waals surface area (Å²) in [7, 11) is 0. The average molecular weight is 294 g/mol. The molecule has 6 nitrogen and oxygen atoms in total. The predicted octanol–water partition coefficient (Wildman–Crippen LogP) is 2.74. The molecule has 2 aromatic heterocycles. The molecule has 7 heteroatoms. The van der Waals surface area contributed by atoms with E-state index in [0.29, 0.717) is 11.3 Å². The second-order valence-electron chi connectivity index (χ2n) is 4.34. The van der Waals surface area contributed by atoms with Gasteiger partial charge in [0.1, 0.15) is 6.10 Å². The first kappa shape index (κ1) is 14.4. The van der Waals surface area contributed by atoms with Crippen molar-refractivity contribution in [3.63, 3.8) is 0 Å². The van der Waals surface area contributed by atoms with Crippen LogP contribution in [0.25, 0.3) is 0 Å². The highest BCUT2D eigenvalue weighted by molar-refractivity contribution is 6.30. The molecule has 0 saturated heterocycles. The maximum atomic E-state index is 11.1. The van der Waals surface area contributed by atoms with Gasteiger partial charge in [0.05, 0.1) is 9.95 Å². The average Bonchev–Trinajstić information content (AvgIpc) is 2.38. The van der Waals surface area contributed by atoms with Crippen molar-refractivity contribution in [2.45, 2.75) is 20.0 Å². The van der Waals surface area contributed by atoms with E-state index in [4.69, 9.17) is 11.6 Å². The Bertz CT molecular complexity index is 656. The largest absolute Gasteiger partial charge is 0.382 e. The van der Waals surface area contributed by atoms with Crippen LogP contribution in [0.1, 0.15) is 28.6 Å². The summed E-state index contributed by atoms with van der Waals surface area (Å²) in [4.78, 5) is 18.4. The zero-order valence-electron chi connectivity index (χ0n) is 10.9. The summed E-state index contributed by atoms with van der Waals surface area (Å²) in [5.41, 5.74) is 1.55. The molecule has 104 valence electrons. The van der Waals surface area contributed by atoms with Crippen LogP contribution in [-0.2, 0) is 0 Å². The topological polar surface area (TPSA) is 89.2 Å². The predicted molar refractivity (Wildman–Crippen MR) is 73.7 cm³/mol. The molecule has 20 heavy (non-hydrogen) atoms. The maximum absolute atomic E-state index is 11.1. The van der Waals surface area contributed by atoms with Gasteiger partial charge >= 0.3 is 0 Å². The zero-order valence-corrected chi connectivity index (χ0v) is 11.6. The molecular formula is C13H12ClN3O3. The summed E-state index contributed by atoms with van der Waals surface area (Å²) >= 11 is 5.71. The Balaban J connectivity index is 2.59. The van der Waals surface area contributed by atoms with Crippen LogP contribution in [0.2, 0.25) is 5.02 Å². The normalized spacial score (nSPS) is 12.2. The molecule has 0 spiro atoms. The Morgan fingerprint density at radius 1 is 1.40 bits per heavy atom. The lowest BCUT2D eigenvalue weighted by Gasteiger charge is -2.15. The van der Waals surface area contributed by atoms with E-state index in [2.05, 4.69) is 9.97 Å². The van der Waals surface area contributed by atoms with Gasteiger partial charge in [-0.25, -0.2) is 4.98 Å². The van der Waals surface area contributed by atoms with E-state index in [-0.39, 0.29) is 16.4 Å². The second-order valence-corrected chi connectivity index (χ2v) is 4.78. The highest BCUT2D eigenvalue weighted by Crippen LogP contribution is 2.32. The molecule has 0 fully saturated rings. The van der Waals surface area contributed by atoms with Gasteiger partial charge in [0.2, 0.25) is 0 Å². The molecule has 0 unspecified atom stereocenters. The lowest BCUT2D eigenvalue weighted by atomic mass is 9.99. The van der Waals surface area contributed by atoms with Crippen LogP contribution in [0.4, 0.5) is 5.69 Å². The monoisotopic (exact) mass is 293 g/mol. The third-order valence-corrected chi connectivity index (χ3v) is 3.21. The highest BCUT2D eigenvalue weighted by Gasteiger charge is 2.26. The van der Waals surface area contributed by atoms with Crippen molar-refractivity contribution < 1.29 is 10.0 Å². The molecule has 0 saturated carbocycles. The van der Waals surface area contributed by atoms with Gasteiger partial charge < -0.3 is 5.11 Å². The maximum Gasteiger partial charge on any atom is 0.295 e. The minimum Gasteiger partial charge on any atom is -0.382 e. The van der Waals surface area contributed by atoms with Crippen molar-refractivity contribution >= 4 is 17.3 Å². The van der Waals surface area contributed by atoms with Gasteiger partial charge in [0.25, 0.3) is 5.69 Å². The minimum atomic E-state index is -1.22. The van der Waals surface area contributed by atoms with Crippen LogP contribution in [0.5, 0.6) is 0 Å². The minimum absolute atomic E-state index is 0.0430. The molecule has 1 N–H and O–H groups in total. The third-order valence-electron chi connectivity index (χ3n) is 3.00. The molecule has 2 aromatic rings. The van der Waals surface area contributed by atoms with Crippen molar-refractivity contribution in [2.24, 2.45) is 0 Å². The van der Waals surface area contributed by atoms with Crippen LogP contribution >= 0.6 is 11.6 Å². The molecule has 0 aromatic carbocycles. The lowest BCUT2D eigenvalue weighted by molar-refractivity contribution is -0.386.